The maximum absolute atomic E-state index is 16.0. The Bertz CT molecular complexity index is 1620. The summed E-state index contributed by atoms with van der Waals surface area (Å²) < 4.78 is 22.6. The first-order valence-corrected chi connectivity index (χ1v) is 16.8. The molecule has 2 aromatic carbocycles. The summed E-state index contributed by atoms with van der Waals surface area (Å²) in [6, 6.07) is 11.4. The molecule has 0 radical (unpaired) electrons. The largest absolute Gasteiger partial charge is 0.508 e. The Morgan fingerprint density at radius 1 is 1.05 bits per heavy atom. The number of aryl methyl sites for hydroxylation is 1. The summed E-state index contributed by atoms with van der Waals surface area (Å²) in [6.45, 7) is 6.89. The van der Waals surface area contributed by atoms with E-state index in [4.69, 9.17) is 14.7 Å². The summed E-state index contributed by atoms with van der Waals surface area (Å²) in [7, 11) is 0. The van der Waals surface area contributed by atoms with Crippen molar-refractivity contribution in [2.75, 3.05) is 42.6 Å². The van der Waals surface area contributed by atoms with Gasteiger partial charge in [0.15, 0.2) is 0 Å². The SMILES string of the molecule is Cc1cccc2cc(O)cc(N3CCc4c(nc(OC[C@@]56CCCN5[C@H]5CCC[C@@]5(F)C6)nc4N4CC5CCC(C4)N5)C3)c12. The van der Waals surface area contributed by atoms with Crippen LogP contribution in [0.5, 0.6) is 11.8 Å². The van der Waals surface area contributed by atoms with Crippen LogP contribution in [0.15, 0.2) is 30.3 Å². The molecule has 0 spiro atoms. The summed E-state index contributed by atoms with van der Waals surface area (Å²) in [4.78, 5) is 17.5. The molecule has 4 saturated heterocycles. The molecule has 0 amide bonds. The Balaban J connectivity index is 1.07. The normalized spacial score (nSPS) is 32.7. The van der Waals surface area contributed by atoms with Gasteiger partial charge in [0.1, 0.15) is 23.8 Å². The van der Waals surface area contributed by atoms with E-state index in [0.29, 0.717) is 44.1 Å². The number of hydrogen-bond donors (Lipinski definition) is 2. The summed E-state index contributed by atoms with van der Waals surface area (Å²) >= 11 is 0. The monoisotopic (exact) mass is 598 g/mol. The van der Waals surface area contributed by atoms with Gasteiger partial charge in [-0.3, -0.25) is 4.90 Å². The lowest BCUT2D eigenvalue weighted by Gasteiger charge is -2.38. The number of phenols is 1. The maximum Gasteiger partial charge on any atom is 0.318 e. The van der Waals surface area contributed by atoms with Crippen molar-refractivity contribution in [3.05, 3.63) is 47.2 Å². The van der Waals surface area contributed by atoms with Crippen LogP contribution in [0.25, 0.3) is 10.8 Å². The number of fused-ring (bicyclic) bond motifs is 7. The highest BCUT2D eigenvalue weighted by atomic mass is 19.1. The minimum atomic E-state index is -1.08. The number of anilines is 2. The molecule has 1 saturated carbocycles. The summed E-state index contributed by atoms with van der Waals surface area (Å²) in [5.74, 6) is 1.30. The second-order valence-corrected chi connectivity index (χ2v) is 14.5. The Morgan fingerprint density at radius 3 is 2.77 bits per heavy atom. The molecule has 2 bridgehead atoms. The first kappa shape index (κ1) is 27.2. The molecule has 3 aromatic rings. The molecule has 1 aromatic heterocycles. The number of hydrogen-bond acceptors (Lipinski definition) is 8. The smallest absolute Gasteiger partial charge is 0.318 e. The number of phenolic OH excluding ortho intramolecular Hbond substituents is 1. The molecule has 5 aliphatic heterocycles. The van der Waals surface area contributed by atoms with Crippen LogP contribution in [0.2, 0.25) is 0 Å². The molecule has 8 nitrogen and oxygen atoms in total. The predicted molar refractivity (Wildman–Crippen MR) is 170 cm³/mol. The van der Waals surface area contributed by atoms with Gasteiger partial charge < -0.3 is 25.0 Å². The lowest BCUT2D eigenvalue weighted by molar-refractivity contribution is 0.0808. The molecule has 44 heavy (non-hydrogen) atoms. The second-order valence-electron chi connectivity index (χ2n) is 14.5. The number of aromatic hydroxyl groups is 1. The minimum absolute atomic E-state index is 0.0408. The molecule has 9 heteroatoms. The fourth-order valence-electron chi connectivity index (χ4n) is 9.96. The van der Waals surface area contributed by atoms with Crippen LogP contribution >= 0.6 is 0 Å². The summed E-state index contributed by atoms with van der Waals surface area (Å²) in [6.07, 6.45) is 8.52. The third-order valence-electron chi connectivity index (χ3n) is 11.8. The van der Waals surface area contributed by atoms with E-state index in [9.17, 15) is 5.11 Å². The number of nitrogens with zero attached hydrogens (tertiary/aromatic N) is 5. The number of piperazine rings is 1. The predicted octanol–water partition coefficient (Wildman–Crippen LogP) is 5.03. The van der Waals surface area contributed by atoms with Gasteiger partial charge in [0, 0.05) is 66.9 Å². The van der Waals surface area contributed by atoms with E-state index >= 15 is 4.39 Å². The fourth-order valence-corrected chi connectivity index (χ4v) is 9.96. The Morgan fingerprint density at radius 2 is 1.91 bits per heavy atom. The summed E-state index contributed by atoms with van der Waals surface area (Å²) in [5.41, 5.74) is 3.12. The maximum atomic E-state index is 16.0. The molecule has 2 unspecified atom stereocenters. The highest BCUT2D eigenvalue weighted by molar-refractivity contribution is 5.98. The van der Waals surface area contributed by atoms with E-state index in [2.05, 4.69) is 39.1 Å². The molecule has 232 valence electrons. The van der Waals surface area contributed by atoms with Gasteiger partial charge >= 0.3 is 6.01 Å². The van der Waals surface area contributed by atoms with Crippen LogP contribution < -0.4 is 19.9 Å². The van der Waals surface area contributed by atoms with Gasteiger partial charge in [-0.05, 0) is 81.9 Å². The zero-order valence-corrected chi connectivity index (χ0v) is 25.7. The molecule has 6 heterocycles. The minimum Gasteiger partial charge on any atom is -0.508 e. The number of nitrogens with one attached hydrogen (secondary N) is 1. The summed E-state index contributed by atoms with van der Waals surface area (Å²) in [5, 5.41) is 16.6. The van der Waals surface area contributed by atoms with Crippen LogP contribution in [-0.4, -0.2) is 82.1 Å². The molecule has 5 fully saturated rings. The van der Waals surface area contributed by atoms with Crippen molar-refractivity contribution in [2.24, 2.45) is 0 Å². The van der Waals surface area contributed by atoms with Gasteiger partial charge in [-0.2, -0.15) is 9.97 Å². The molecular formula is C35H43FN6O2. The number of rotatable bonds is 5. The van der Waals surface area contributed by atoms with Crippen LogP contribution in [0.4, 0.5) is 15.9 Å². The molecule has 9 rings (SSSR count). The molecule has 2 N–H and O–H groups in total. The number of alkyl halides is 1. The van der Waals surface area contributed by atoms with E-state index in [-0.39, 0.29) is 17.3 Å². The Kier molecular flexibility index (Phi) is 6.12. The Labute approximate surface area is 258 Å². The number of aromatic nitrogens is 2. The van der Waals surface area contributed by atoms with Crippen molar-refractivity contribution in [1.82, 2.24) is 20.2 Å². The standard InChI is InChI=1S/C35H43FN6O2/c1-22-5-2-6-23-15-26(43)16-29(31(22)23)40-14-10-27-28(19-40)38-33(39-32(27)41-17-24-8-9-25(18-41)37-24)44-21-34-11-4-13-42(34)30-7-3-12-35(30,36)20-34/h2,5-6,15-16,24-25,30,37,43H,3-4,7-14,17-21H2,1H3/t24?,25?,30-,34-,35+/m0/s1. The van der Waals surface area contributed by atoms with Crippen molar-refractivity contribution >= 4 is 22.3 Å². The van der Waals surface area contributed by atoms with E-state index in [1.54, 1.807) is 0 Å². The molecule has 6 aliphatic rings. The van der Waals surface area contributed by atoms with Crippen molar-refractivity contribution in [3.8, 4) is 11.8 Å². The van der Waals surface area contributed by atoms with Crippen molar-refractivity contribution in [1.29, 1.82) is 0 Å². The third-order valence-corrected chi connectivity index (χ3v) is 11.8. The van der Waals surface area contributed by atoms with Gasteiger partial charge in [0.2, 0.25) is 0 Å². The number of ether oxygens (including phenoxy) is 1. The average molecular weight is 599 g/mol. The van der Waals surface area contributed by atoms with E-state index in [1.165, 1.54) is 29.4 Å². The number of benzene rings is 2. The first-order valence-electron chi connectivity index (χ1n) is 16.8. The lowest BCUT2D eigenvalue weighted by atomic mass is 9.88. The zero-order valence-electron chi connectivity index (χ0n) is 25.7. The van der Waals surface area contributed by atoms with Gasteiger partial charge in [-0.1, -0.05) is 18.2 Å². The van der Waals surface area contributed by atoms with Crippen LogP contribution in [-0.2, 0) is 13.0 Å². The molecular weight excluding hydrogens is 555 g/mol. The van der Waals surface area contributed by atoms with Crippen LogP contribution in [0.3, 0.4) is 0 Å². The van der Waals surface area contributed by atoms with Crippen LogP contribution in [0.1, 0.15) is 68.2 Å². The second kappa shape index (κ2) is 9.91. The quantitative estimate of drug-likeness (QED) is 0.424. The van der Waals surface area contributed by atoms with Crippen molar-refractivity contribution in [2.45, 2.75) is 101 Å². The first-order chi connectivity index (χ1) is 21.4. The number of halogens is 1. The molecule has 5 atom stereocenters. The average Bonchev–Trinajstić information content (AvgIpc) is 3.73. The van der Waals surface area contributed by atoms with E-state index in [1.807, 2.05) is 18.2 Å². The van der Waals surface area contributed by atoms with Gasteiger partial charge in [0.25, 0.3) is 0 Å². The van der Waals surface area contributed by atoms with Crippen molar-refractivity contribution in [3.63, 3.8) is 0 Å². The Hall–Kier alpha value is -3.17. The van der Waals surface area contributed by atoms with E-state index < -0.39 is 5.67 Å². The van der Waals surface area contributed by atoms with Crippen LogP contribution in [0, 0.1) is 6.92 Å². The van der Waals surface area contributed by atoms with Crippen molar-refractivity contribution < 1.29 is 14.2 Å². The van der Waals surface area contributed by atoms with E-state index in [0.717, 1.165) is 80.9 Å². The highest BCUT2D eigenvalue weighted by Gasteiger charge is 2.63. The fraction of sp³-hybridized carbons (Fsp3) is 0.600. The highest BCUT2D eigenvalue weighted by Crippen LogP contribution is 2.55. The van der Waals surface area contributed by atoms with Gasteiger partial charge in [0.05, 0.1) is 17.8 Å². The topological polar surface area (TPSA) is 77.0 Å². The zero-order chi connectivity index (χ0) is 29.6. The van der Waals surface area contributed by atoms with Gasteiger partial charge in [-0.25, -0.2) is 4.39 Å². The van der Waals surface area contributed by atoms with Gasteiger partial charge in [-0.15, -0.1) is 0 Å². The molecule has 1 aliphatic carbocycles. The third kappa shape index (κ3) is 4.21. The lowest BCUT2D eigenvalue weighted by Crippen LogP contribution is -2.52.